The summed E-state index contributed by atoms with van der Waals surface area (Å²) in [5.74, 6) is 0.611. The summed E-state index contributed by atoms with van der Waals surface area (Å²) < 4.78 is 0. The summed E-state index contributed by atoms with van der Waals surface area (Å²) >= 11 is 0. The van der Waals surface area contributed by atoms with E-state index in [1.807, 2.05) is 0 Å². The molecular weight excluding hydrogens is 224 g/mol. The Bertz CT molecular complexity index is 530. The number of Topliss-reactive ketones (excluding diaryl/α,β-unsaturated/α-hetero) is 1. The lowest BCUT2D eigenvalue weighted by Crippen LogP contribution is -2.44. The van der Waals surface area contributed by atoms with E-state index in [0.29, 0.717) is 0 Å². The van der Waals surface area contributed by atoms with Crippen molar-refractivity contribution in [3.63, 3.8) is 0 Å². The summed E-state index contributed by atoms with van der Waals surface area (Å²) in [6.45, 7) is 6.61. The molecule has 0 amide bonds. The van der Waals surface area contributed by atoms with E-state index in [9.17, 15) is 9.90 Å². The van der Waals surface area contributed by atoms with Gasteiger partial charge >= 0.3 is 0 Å². The van der Waals surface area contributed by atoms with Crippen LogP contribution in [0.2, 0.25) is 0 Å². The molecule has 1 saturated carbocycles. The quantitative estimate of drug-likeness (QED) is 0.756. The molecule has 2 atom stereocenters. The van der Waals surface area contributed by atoms with Gasteiger partial charge in [-0.15, -0.1) is 0 Å². The van der Waals surface area contributed by atoms with E-state index in [0.717, 1.165) is 30.4 Å². The molecule has 2 aliphatic carbocycles. The molecule has 1 fully saturated rings. The van der Waals surface area contributed by atoms with Crippen molar-refractivity contribution in [2.75, 3.05) is 0 Å². The Kier molecular flexibility index (Phi) is 2.20. The third-order valence-electron chi connectivity index (χ3n) is 5.08. The Hall–Kier alpha value is -1.31. The highest BCUT2D eigenvalue weighted by Crippen LogP contribution is 2.58. The number of phenols is 1. The monoisotopic (exact) mass is 244 g/mol. The number of carbonyl (C=O) groups excluding carboxylic acids is 1. The Balaban J connectivity index is 2.23. The van der Waals surface area contributed by atoms with Crippen molar-refractivity contribution in [1.82, 2.24) is 0 Å². The highest BCUT2D eigenvalue weighted by atomic mass is 16.3. The predicted octanol–water partition coefficient (Wildman–Crippen LogP) is 3.67. The van der Waals surface area contributed by atoms with Crippen LogP contribution in [0.3, 0.4) is 0 Å². The number of aromatic hydroxyl groups is 1. The van der Waals surface area contributed by atoms with Crippen LogP contribution in [0, 0.1) is 11.3 Å². The van der Waals surface area contributed by atoms with Gasteiger partial charge in [-0.1, -0.05) is 27.2 Å². The average molecular weight is 244 g/mol. The minimum absolute atomic E-state index is 0.0543. The van der Waals surface area contributed by atoms with Crippen LogP contribution in [0.5, 0.6) is 5.75 Å². The van der Waals surface area contributed by atoms with E-state index in [1.54, 1.807) is 18.2 Å². The fourth-order valence-corrected chi connectivity index (χ4v) is 4.37. The maximum absolute atomic E-state index is 12.7. The number of rotatable bonds is 0. The van der Waals surface area contributed by atoms with Crippen LogP contribution in [0.15, 0.2) is 18.2 Å². The number of hydrogen-bond donors (Lipinski definition) is 1. The number of benzene rings is 1. The number of phenolic OH excluding ortho intramolecular Hbond substituents is 1. The zero-order valence-corrected chi connectivity index (χ0v) is 11.3. The molecular formula is C16H20O2. The van der Waals surface area contributed by atoms with Gasteiger partial charge in [0.05, 0.1) is 0 Å². The fourth-order valence-electron chi connectivity index (χ4n) is 4.37. The molecule has 96 valence electrons. The Morgan fingerprint density at radius 1 is 1.22 bits per heavy atom. The number of ketones is 1. The van der Waals surface area contributed by atoms with Gasteiger partial charge in [-0.2, -0.15) is 0 Å². The van der Waals surface area contributed by atoms with E-state index >= 15 is 0 Å². The second kappa shape index (κ2) is 3.37. The first-order chi connectivity index (χ1) is 8.36. The van der Waals surface area contributed by atoms with Gasteiger partial charge in [0.15, 0.2) is 5.78 Å². The van der Waals surface area contributed by atoms with E-state index in [-0.39, 0.29) is 28.3 Å². The first-order valence-electron chi connectivity index (χ1n) is 6.74. The second-order valence-electron chi connectivity index (χ2n) is 6.79. The van der Waals surface area contributed by atoms with Gasteiger partial charge in [0.2, 0.25) is 0 Å². The maximum Gasteiger partial charge on any atom is 0.167 e. The first-order valence-corrected chi connectivity index (χ1v) is 6.74. The summed E-state index contributed by atoms with van der Waals surface area (Å²) in [4.78, 5) is 12.7. The third kappa shape index (κ3) is 1.32. The molecule has 0 heterocycles. The van der Waals surface area contributed by atoms with E-state index in [2.05, 4.69) is 20.8 Å². The second-order valence-corrected chi connectivity index (χ2v) is 6.79. The van der Waals surface area contributed by atoms with Crippen molar-refractivity contribution in [2.45, 2.75) is 45.4 Å². The fraction of sp³-hybridized carbons (Fsp3) is 0.562. The van der Waals surface area contributed by atoms with Gasteiger partial charge in [-0.3, -0.25) is 4.79 Å². The molecule has 2 heteroatoms. The van der Waals surface area contributed by atoms with E-state index < -0.39 is 0 Å². The maximum atomic E-state index is 12.7. The van der Waals surface area contributed by atoms with Crippen LogP contribution in [0.25, 0.3) is 0 Å². The van der Waals surface area contributed by atoms with Crippen LogP contribution in [0.1, 0.15) is 56.0 Å². The molecule has 0 bridgehead atoms. The van der Waals surface area contributed by atoms with Crippen LogP contribution in [-0.2, 0) is 5.41 Å². The lowest BCUT2D eigenvalue weighted by Gasteiger charge is -2.46. The molecule has 2 nitrogen and oxygen atoms in total. The number of carbonyl (C=O) groups is 1. The summed E-state index contributed by atoms with van der Waals surface area (Å²) in [6.07, 6.45) is 3.31. The molecule has 1 aromatic carbocycles. The molecule has 0 radical (unpaired) electrons. The summed E-state index contributed by atoms with van der Waals surface area (Å²) in [5, 5.41) is 9.71. The predicted molar refractivity (Wildman–Crippen MR) is 70.9 cm³/mol. The molecule has 0 unspecified atom stereocenters. The Morgan fingerprint density at radius 2 is 1.94 bits per heavy atom. The third-order valence-corrected chi connectivity index (χ3v) is 5.08. The van der Waals surface area contributed by atoms with Crippen molar-refractivity contribution in [1.29, 1.82) is 0 Å². The molecule has 0 aliphatic heterocycles. The lowest BCUT2D eigenvalue weighted by molar-refractivity contribution is 0.0500. The highest BCUT2D eigenvalue weighted by Gasteiger charge is 2.56. The highest BCUT2D eigenvalue weighted by molar-refractivity contribution is 6.04. The molecule has 2 aliphatic rings. The first kappa shape index (κ1) is 11.8. The van der Waals surface area contributed by atoms with E-state index in [1.165, 1.54) is 0 Å². The van der Waals surface area contributed by atoms with Crippen molar-refractivity contribution >= 4 is 5.78 Å². The molecule has 18 heavy (non-hydrogen) atoms. The summed E-state index contributed by atoms with van der Waals surface area (Å²) in [7, 11) is 0. The average Bonchev–Trinajstić information content (AvgIpc) is 2.48. The zero-order chi connectivity index (χ0) is 13.1. The zero-order valence-electron chi connectivity index (χ0n) is 11.3. The van der Waals surface area contributed by atoms with Crippen LogP contribution >= 0.6 is 0 Å². The van der Waals surface area contributed by atoms with E-state index in [4.69, 9.17) is 0 Å². The minimum atomic E-state index is -0.0904. The van der Waals surface area contributed by atoms with Crippen LogP contribution in [-0.4, -0.2) is 10.9 Å². The lowest BCUT2D eigenvalue weighted by atomic mass is 9.56. The number of hydrogen-bond acceptors (Lipinski definition) is 2. The smallest absolute Gasteiger partial charge is 0.167 e. The Labute approximate surface area is 108 Å². The van der Waals surface area contributed by atoms with Crippen molar-refractivity contribution in [3.8, 4) is 5.75 Å². The molecule has 1 N–H and O–H groups in total. The van der Waals surface area contributed by atoms with Crippen LogP contribution in [0.4, 0.5) is 0 Å². The van der Waals surface area contributed by atoms with Crippen LogP contribution < -0.4 is 0 Å². The summed E-state index contributed by atoms with van der Waals surface area (Å²) in [5.41, 5.74) is 1.85. The van der Waals surface area contributed by atoms with Crippen molar-refractivity contribution in [2.24, 2.45) is 11.3 Å². The van der Waals surface area contributed by atoms with Gasteiger partial charge in [0.1, 0.15) is 5.75 Å². The van der Waals surface area contributed by atoms with Crippen molar-refractivity contribution < 1.29 is 9.90 Å². The van der Waals surface area contributed by atoms with Gasteiger partial charge in [0, 0.05) is 16.9 Å². The Morgan fingerprint density at radius 3 is 2.67 bits per heavy atom. The SMILES string of the molecule is CC1(C)CCC[C@@]2(C)c3cc(O)ccc3C(=O)[C@@H]12. The van der Waals surface area contributed by atoms with Gasteiger partial charge in [-0.05, 0) is 42.0 Å². The standard InChI is InChI=1S/C16H20O2/c1-15(2)7-4-8-16(3)12-9-10(17)5-6-11(12)13(18)14(15)16/h5-6,9,14,17H,4,7-8H2,1-3H3/t14-,16-/m0/s1. The minimum Gasteiger partial charge on any atom is -0.508 e. The van der Waals surface area contributed by atoms with Gasteiger partial charge in [-0.25, -0.2) is 0 Å². The molecule has 0 aromatic heterocycles. The van der Waals surface area contributed by atoms with Gasteiger partial charge < -0.3 is 5.11 Å². The van der Waals surface area contributed by atoms with Crippen molar-refractivity contribution in [3.05, 3.63) is 29.3 Å². The van der Waals surface area contributed by atoms with Gasteiger partial charge in [0.25, 0.3) is 0 Å². The molecule has 0 saturated heterocycles. The molecule has 3 rings (SSSR count). The topological polar surface area (TPSA) is 37.3 Å². The normalized spacial score (nSPS) is 33.1. The molecule has 1 aromatic rings. The number of fused-ring (bicyclic) bond motifs is 3. The molecule has 0 spiro atoms. The summed E-state index contributed by atoms with van der Waals surface area (Å²) in [6, 6.07) is 5.23. The largest absolute Gasteiger partial charge is 0.508 e.